The second-order valence-corrected chi connectivity index (χ2v) is 12.5. The lowest BCUT2D eigenvalue weighted by Crippen LogP contribution is -2.55. The SMILES string of the molecule is CC[C@@H](C(=O)NC(C)(C)C)N(Cc1c(Cl)cccc1Cl)C(=O)CN(c1ccc(F)cc1)S(=O)(=O)N(C)C. The number of benzene rings is 2. The number of hydrogen-bond donors (Lipinski definition) is 1. The van der Waals surface area contributed by atoms with E-state index in [2.05, 4.69) is 5.32 Å². The van der Waals surface area contributed by atoms with Crippen LogP contribution in [0.15, 0.2) is 42.5 Å². The molecule has 0 saturated carbocycles. The van der Waals surface area contributed by atoms with Crippen LogP contribution in [0.1, 0.15) is 39.7 Å². The summed E-state index contributed by atoms with van der Waals surface area (Å²) in [5.74, 6) is -1.63. The number of halogens is 3. The van der Waals surface area contributed by atoms with Gasteiger partial charge < -0.3 is 10.2 Å². The Hall–Kier alpha value is -2.40. The van der Waals surface area contributed by atoms with E-state index in [1.165, 1.54) is 31.1 Å². The minimum atomic E-state index is -4.16. The molecule has 0 spiro atoms. The summed E-state index contributed by atoms with van der Waals surface area (Å²) in [4.78, 5) is 28.3. The molecule has 2 amide bonds. The van der Waals surface area contributed by atoms with Crippen LogP contribution in [0, 0.1) is 5.82 Å². The van der Waals surface area contributed by atoms with Crippen LogP contribution >= 0.6 is 23.2 Å². The lowest BCUT2D eigenvalue weighted by Gasteiger charge is -2.35. The average Bonchev–Trinajstić information content (AvgIpc) is 2.78. The molecular weight excluding hydrogens is 542 g/mol. The molecule has 0 unspecified atom stereocenters. The molecule has 0 aliphatic carbocycles. The molecule has 0 heterocycles. The van der Waals surface area contributed by atoms with Crippen molar-refractivity contribution in [2.45, 2.75) is 52.2 Å². The molecule has 0 aliphatic heterocycles. The van der Waals surface area contributed by atoms with Crippen LogP contribution in [0.3, 0.4) is 0 Å². The van der Waals surface area contributed by atoms with Gasteiger partial charge >= 0.3 is 10.2 Å². The molecule has 0 bridgehead atoms. The van der Waals surface area contributed by atoms with E-state index < -0.39 is 46.0 Å². The molecule has 0 fully saturated rings. The molecule has 2 aromatic rings. The Kier molecular flexibility index (Phi) is 10.4. The van der Waals surface area contributed by atoms with Crippen molar-refractivity contribution in [1.82, 2.24) is 14.5 Å². The lowest BCUT2D eigenvalue weighted by molar-refractivity contribution is -0.141. The summed E-state index contributed by atoms with van der Waals surface area (Å²) in [6, 6.07) is 8.67. The summed E-state index contributed by atoms with van der Waals surface area (Å²) >= 11 is 12.7. The molecule has 0 radical (unpaired) electrons. The highest BCUT2D eigenvalue weighted by molar-refractivity contribution is 7.90. The van der Waals surface area contributed by atoms with Crippen LogP contribution in [0.2, 0.25) is 10.0 Å². The first kappa shape index (κ1) is 30.8. The Morgan fingerprint density at radius 3 is 2.03 bits per heavy atom. The number of nitrogens with zero attached hydrogens (tertiary/aromatic N) is 3. The Balaban J connectivity index is 2.58. The Labute approximate surface area is 228 Å². The second-order valence-electron chi connectivity index (χ2n) is 9.66. The first-order valence-electron chi connectivity index (χ1n) is 11.6. The number of rotatable bonds is 10. The number of nitrogens with one attached hydrogen (secondary N) is 1. The van der Waals surface area contributed by atoms with Crippen molar-refractivity contribution in [2.24, 2.45) is 0 Å². The van der Waals surface area contributed by atoms with Crippen molar-refractivity contribution in [2.75, 3.05) is 24.9 Å². The molecule has 12 heteroatoms. The summed E-state index contributed by atoms with van der Waals surface area (Å²) in [6.07, 6.45) is 0.243. The first-order chi connectivity index (χ1) is 17.1. The van der Waals surface area contributed by atoms with Crippen LogP contribution in [0.25, 0.3) is 0 Å². The summed E-state index contributed by atoms with van der Waals surface area (Å²) in [5.41, 5.74) is -0.0632. The predicted octanol–water partition coefficient (Wildman–Crippen LogP) is 4.47. The number of hydrogen-bond acceptors (Lipinski definition) is 4. The third-order valence-corrected chi connectivity index (χ3v) is 7.94. The van der Waals surface area contributed by atoms with Gasteiger partial charge in [-0.1, -0.05) is 36.2 Å². The zero-order valence-corrected chi connectivity index (χ0v) is 24.1. The number of carbonyl (C=O) groups is 2. The van der Waals surface area contributed by atoms with Crippen molar-refractivity contribution in [3.63, 3.8) is 0 Å². The first-order valence-corrected chi connectivity index (χ1v) is 13.7. The summed E-state index contributed by atoms with van der Waals surface area (Å²) < 4.78 is 41.7. The van der Waals surface area contributed by atoms with Gasteiger partial charge in [0.25, 0.3) is 0 Å². The third-order valence-electron chi connectivity index (χ3n) is 5.41. The van der Waals surface area contributed by atoms with E-state index in [0.29, 0.717) is 15.6 Å². The van der Waals surface area contributed by atoms with E-state index in [-0.39, 0.29) is 18.7 Å². The van der Waals surface area contributed by atoms with Crippen molar-refractivity contribution >= 4 is 50.9 Å². The molecule has 0 aliphatic rings. The normalized spacial score (nSPS) is 12.8. The van der Waals surface area contributed by atoms with E-state index in [1.807, 2.05) is 20.8 Å². The van der Waals surface area contributed by atoms with E-state index in [4.69, 9.17) is 23.2 Å². The van der Waals surface area contributed by atoms with Crippen LogP contribution in [0.4, 0.5) is 10.1 Å². The summed E-state index contributed by atoms with van der Waals surface area (Å²) in [6.45, 7) is 6.41. The highest BCUT2D eigenvalue weighted by atomic mass is 35.5. The van der Waals surface area contributed by atoms with Gasteiger partial charge in [-0.05, 0) is 63.6 Å². The van der Waals surface area contributed by atoms with Gasteiger partial charge in [-0.2, -0.15) is 12.7 Å². The Morgan fingerprint density at radius 2 is 1.57 bits per heavy atom. The highest BCUT2D eigenvalue weighted by Gasteiger charge is 2.35. The van der Waals surface area contributed by atoms with Crippen molar-refractivity contribution in [1.29, 1.82) is 0 Å². The molecule has 1 N–H and O–H groups in total. The smallest absolute Gasteiger partial charge is 0.304 e. The van der Waals surface area contributed by atoms with Gasteiger partial charge in [-0.25, -0.2) is 8.70 Å². The zero-order chi connectivity index (χ0) is 28.1. The quantitative estimate of drug-likeness (QED) is 0.453. The fourth-order valence-electron chi connectivity index (χ4n) is 3.55. The molecule has 0 saturated heterocycles. The second kappa shape index (κ2) is 12.4. The lowest BCUT2D eigenvalue weighted by atomic mass is 10.1. The molecule has 2 rings (SSSR count). The fourth-order valence-corrected chi connectivity index (χ4v) is 5.12. The molecule has 2 aromatic carbocycles. The number of anilines is 1. The van der Waals surface area contributed by atoms with Gasteiger partial charge in [0.2, 0.25) is 11.8 Å². The fraction of sp³-hybridized carbons (Fsp3) is 0.440. The molecule has 204 valence electrons. The van der Waals surface area contributed by atoms with Gasteiger partial charge in [0, 0.05) is 41.8 Å². The van der Waals surface area contributed by atoms with Gasteiger partial charge in [0.05, 0.1) is 5.69 Å². The predicted molar refractivity (Wildman–Crippen MR) is 145 cm³/mol. The third kappa shape index (κ3) is 8.04. The average molecular weight is 576 g/mol. The van der Waals surface area contributed by atoms with Crippen LogP contribution in [0.5, 0.6) is 0 Å². The summed E-state index contributed by atoms with van der Waals surface area (Å²) in [7, 11) is -1.51. The van der Waals surface area contributed by atoms with Crippen LogP contribution in [-0.2, 0) is 26.3 Å². The topological polar surface area (TPSA) is 90.0 Å². The van der Waals surface area contributed by atoms with E-state index in [9.17, 15) is 22.4 Å². The largest absolute Gasteiger partial charge is 0.350 e. The van der Waals surface area contributed by atoms with E-state index in [0.717, 1.165) is 20.7 Å². The zero-order valence-electron chi connectivity index (χ0n) is 21.8. The number of carbonyl (C=O) groups excluding carboxylic acids is 2. The van der Waals surface area contributed by atoms with E-state index in [1.54, 1.807) is 25.1 Å². The minimum Gasteiger partial charge on any atom is -0.350 e. The standard InChI is InChI=1S/C25H33Cl2FN4O4S/c1-7-22(24(34)29-25(2,3)4)31(15-19-20(26)9-8-10-21(19)27)23(33)16-32(37(35,36)30(5)6)18-13-11-17(28)12-14-18/h8-14,22H,7,15-16H2,1-6H3,(H,29,34)/t22-/m0/s1. The van der Waals surface area contributed by atoms with Crippen molar-refractivity contribution < 1.29 is 22.4 Å². The highest BCUT2D eigenvalue weighted by Crippen LogP contribution is 2.28. The maximum atomic E-state index is 13.8. The molecule has 0 aromatic heterocycles. The monoisotopic (exact) mass is 574 g/mol. The molecule has 37 heavy (non-hydrogen) atoms. The van der Waals surface area contributed by atoms with Gasteiger partial charge in [0.15, 0.2) is 0 Å². The maximum Gasteiger partial charge on any atom is 0.304 e. The van der Waals surface area contributed by atoms with E-state index >= 15 is 0 Å². The Morgan fingerprint density at radius 1 is 1.03 bits per heavy atom. The minimum absolute atomic E-state index is 0.0892. The van der Waals surface area contributed by atoms with Gasteiger partial charge in [-0.15, -0.1) is 0 Å². The van der Waals surface area contributed by atoms with Crippen molar-refractivity contribution in [3.05, 3.63) is 63.9 Å². The molecule has 1 atom stereocenters. The summed E-state index contributed by atoms with van der Waals surface area (Å²) in [5, 5.41) is 3.48. The van der Waals surface area contributed by atoms with Crippen LogP contribution in [-0.4, -0.2) is 61.7 Å². The van der Waals surface area contributed by atoms with Crippen molar-refractivity contribution in [3.8, 4) is 0 Å². The van der Waals surface area contributed by atoms with Crippen LogP contribution < -0.4 is 9.62 Å². The number of amides is 2. The Bertz CT molecular complexity index is 1200. The van der Waals surface area contributed by atoms with Gasteiger partial charge in [-0.3, -0.25) is 9.59 Å². The van der Waals surface area contributed by atoms with Gasteiger partial charge in [0.1, 0.15) is 18.4 Å². The maximum absolute atomic E-state index is 13.8. The molecule has 8 nitrogen and oxygen atoms in total. The molecular formula is C25H33Cl2FN4O4S.